The van der Waals surface area contributed by atoms with Crippen molar-refractivity contribution in [2.24, 2.45) is 5.41 Å². The molecule has 3 aliphatic rings. The number of esters is 1. The van der Waals surface area contributed by atoms with E-state index in [1.54, 1.807) is 19.2 Å². The average molecular weight is 286 g/mol. The van der Waals surface area contributed by atoms with Gasteiger partial charge in [0.15, 0.2) is 5.78 Å². The number of benzene rings is 1. The van der Waals surface area contributed by atoms with Gasteiger partial charge in [-0.25, -0.2) is 0 Å². The van der Waals surface area contributed by atoms with Crippen LogP contribution in [0.15, 0.2) is 18.2 Å². The molecule has 1 aromatic carbocycles. The van der Waals surface area contributed by atoms with Gasteiger partial charge in [0.1, 0.15) is 16.8 Å². The zero-order valence-corrected chi connectivity index (χ0v) is 12.1. The smallest absolute Gasteiger partial charge is 0.321 e. The summed E-state index contributed by atoms with van der Waals surface area (Å²) < 4.78 is 10.9. The zero-order chi connectivity index (χ0) is 14.7. The first-order chi connectivity index (χ1) is 10.1. The van der Waals surface area contributed by atoms with Crippen molar-refractivity contribution in [2.75, 3.05) is 7.11 Å². The van der Waals surface area contributed by atoms with Crippen LogP contribution in [-0.2, 0) is 16.0 Å². The van der Waals surface area contributed by atoms with E-state index in [2.05, 4.69) is 0 Å². The summed E-state index contributed by atoms with van der Waals surface area (Å²) in [5.41, 5.74) is 0.215. The minimum Gasteiger partial charge on any atom is -0.497 e. The van der Waals surface area contributed by atoms with Gasteiger partial charge in [-0.3, -0.25) is 9.59 Å². The molecule has 1 atom stereocenters. The Labute approximate surface area is 123 Å². The summed E-state index contributed by atoms with van der Waals surface area (Å²) in [7, 11) is 1.60. The monoisotopic (exact) mass is 286 g/mol. The summed E-state index contributed by atoms with van der Waals surface area (Å²) in [6.45, 7) is 0. The molecular weight excluding hydrogens is 268 g/mol. The Hall–Kier alpha value is -1.84. The Bertz CT molecular complexity index is 642. The van der Waals surface area contributed by atoms with Gasteiger partial charge in [-0.2, -0.15) is 0 Å². The number of methoxy groups -OCH3 is 1. The lowest BCUT2D eigenvalue weighted by molar-refractivity contribution is -0.152. The lowest BCUT2D eigenvalue weighted by atomic mass is 9.76. The molecule has 2 aliphatic carbocycles. The van der Waals surface area contributed by atoms with Crippen molar-refractivity contribution in [2.45, 2.75) is 44.1 Å². The maximum atomic E-state index is 12.8. The highest BCUT2D eigenvalue weighted by molar-refractivity contribution is 6.17. The molecule has 1 saturated carbocycles. The summed E-state index contributed by atoms with van der Waals surface area (Å²) in [6.07, 6.45) is 4.96. The first kappa shape index (κ1) is 12.9. The number of ketones is 1. The molecule has 4 nitrogen and oxygen atoms in total. The average Bonchev–Trinajstić information content (AvgIpc) is 3.11. The predicted octanol–water partition coefficient (Wildman–Crippen LogP) is 2.68. The van der Waals surface area contributed by atoms with Crippen LogP contribution in [0.2, 0.25) is 0 Å². The van der Waals surface area contributed by atoms with Crippen LogP contribution in [0.5, 0.6) is 5.75 Å². The molecule has 0 N–H and O–H groups in total. The molecule has 0 amide bonds. The zero-order valence-electron chi connectivity index (χ0n) is 12.1. The van der Waals surface area contributed by atoms with Gasteiger partial charge < -0.3 is 9.47 Å². The topological polar surface area (TPSA) is 52.6 Å². The van der Waals surface area contributed by atoms with Crippen LogP contribution in [0.25, 0.3) is 0 Å². The first-order valence-electron chi connectivity index (χ1n) is 7.54. The van der Waals surface area contributed by atoms with Crippen LogP contribution in [-0.4, -0.2) is 24.5 Å². The summed E-state index contributed by atoms with van der Waals surface area (Å²) in [4.78, 5) is 25.3. The van der Waals surface area contributed by atoms with E-state index in [9.17, 15) is 9.59 Å². The normalized spacial score (nSPS) is 29.2. The maximum absolute atomic E-state index is 12.8. The van der Waals surface area contributed by atoms with Gasteiger partial charge in [0.05, 0.1) is 7.11 Å². The molecule has 1 aliphatic heterocycles. The van der Waals surface area contributed by atoms with Gasteiger partial charge in [0.25, 0.3) is 0 Å². The molecule has 1 aromatic rings. The van der Waals surface area contributed by atoms with Crippen molar-refractivity contribution in [1.82, 2.24) is 0 Å². The third-order valence-corrected chi connectivity index (χ3v) is 5.32. The minimum absolute atomic E-state index is 0.0612. The SMILES string of the molecule is COc1ccc2c(c1)C[C@@]1(CC3(CCCC3)OC1=O)C2=O. The van der Waals surface area contributed by atoms with Crippen LogP contribution in [0.4, 0.5) is 0 Å². The fraction of sp³-hybridized carbons (Fsp3) is 0.529. The number of fused-ring (bicyclic) bond motifs is 1. The van der Waals surface area contributed by atoms with E-state index in [-0.39, 0.29) is 17.4 Å². The number of Topliss-reactive ketones (excluding diaryl/α,β-unsaturated/α-hetero) is 1. The molecule has 1 saturated heterocycles. The summed E-state index contributed by atoms with van der Waals surface area (Å²) in [5, 5.41) is 0. The highest BCUT2D eigenvalue weighted by Gasteiger charge is 2.63. The number of carbonyl (C=O) groups is 2. The van der Waals surface area contributed by atoms with E-state index in [1.807, 2.05) is 6.07 Å². The van der Waals surface area contributed by atoms with Gasteiger partial charge in [0, 0.05) is 12.0 Å². The summed E-state index contributed by atoms with van der Waals surface area (Å²) >= 11 is 0. The largest absolute Gasteiger partial charge is 0.497 e. The van der Waals surface area contributed by atoms with Gasteiger partial charge in [-0.15, -0.1) is 0 Å². The molecule has 0 radical (unpaired) electrons. The Kier molecular flexibility index (Phi) is 2.51. The van der Waals surface area contributed by atoms with Crippen molar-refractivity contribution in [3.63, 3.8) is 0 Å². The van der Waals surface area contributed by atoms with Crippen molar-refractivity contribution in [1.29, 1.82) is 0 Å². The van der Waals surface area contributed by atoms with Crippen LogP contribution in [0, 0.1) is 5.41 Å². The molecule has 4 heteroatoms. The predicted molar refractivity (Wildman–Crippen MR) is 75.4 cm³/mol. The van der Waals surface area contributed by atoms with Crippen molar-refractivity contribution in [3.05, 3.63) is 29.3 Å². The van der Waals surface area contributed by atoms with Crippen molar-refractivity contribution >= 4 is 11.8 Å². The number of ether oxygens (including phenoxy) is 2. The second kappa shape index (κ2) is 4.09. The molecular formula is C17H18O4. The third-order valence-electron chi connectivity index (χ3n) is 5.32. The van der Waals surface area contributed by atoms with Crippen LogP contribution < -0.4 is 4.74 Å². The van der Waals surface area contributed by atoms with Gasteiger partial charge >= 0.3 is 5.97 Å². The molecule has 2 spiro atoms. The molecule has 0 unspecified atom stereocenters. The van der Waals surface area contributed by atoms with E-state index >= 15 is 0 Å². The number of hydrogen-bond donors (Lipinski definition) is 0. The van der Waals surface area contributed by atoms with Crippen molar-refractivity contribution < 1.29 is 19.1 Å². The van der Waals surface area contributed by atoms with Crippen LogP contribution in [0.3, 0.4) is 0 Å². The minimum atomic E-state index is -0.973. The third kappa shape index (κ3) is 1.62. The molecule has 21 heavy (non-hydrogen) atoms. The highest BCUT2D eigenvalue weighted by atomic mass is 16.6. The molecule has 110 valence electrons. The Morgan fingerprint density at radius 3 is 2.67 bits per heavy atom. The highest BCUT2D eigenvalue weighted by Crippen LogP contribution is 2.54. The second-order valence-electron chi connectivity index (χ2n) is 6.57. The number of hydrogen-bond acceptors (Lipinski definition) is 4. The van der Waals surface area contributed by atoms with Crippen molar-refractivity contribution in [3.8, 4) is 5.75 Å². The molecule has 0 bridgehead atoms. The van der Waals surface area contributed by atoms with E-state index in [0.717, 1.165) is 37.0 Å². The summed E-state index contributed by atoms with van der Waals surface area (Å²) in [6, 6.07) is 5.43. The van der Waals surface area contributed by atoms with E-state index in [0.29, 0.717) is 18.4 Å². The van der Waals surface area contributed by atoms with E-state index in [4.69, 9.17) is 9.47 Å². The second-order valence-corrected chi connectivity index (χ2v) is 6.57. The molecule has 2 fully saturated rings. The van der Waals surface area contributed by atoms with Gasteiger partial charge in [0.2, 0.25) is 0 Å². The standard InChI is InChI=1S/C17H18O4/c1-20-12-4-5-13-11(8-12)9-17(14(13)18)10-16(21-15(17)19)6-2-3-7-16/h4-5,8H,2-3,6-7,9-10H2,1H3/t17-/m1/s1. The fourth-order valence-electron chi connectivity index (χ4n) is 4.29. The Morgan fingerprint density at radius 1 is 1.19 bits per heavy atom. The lowest BCUT2D eigenvalue weighted by Crippen LogP contribution is -2.33. The maximum Gasteiger partial charge on any atom is 0.321 e. The lowest BCUT2D eigenvalue weighted by Gasteiger charge is -2.22. The quantitative estimate of drug-likeness (QED) is 0.588. The Morgan fingerprint density at radius 2 is 1.95 bits per heavy atom. The van der Waals surface area contributed by atoms with E-state index < -0.39 is 5.41 Å². The molecule has 0 aromatic heterocycles. The molecule has 1 heterocycles. The van der Waals surface area contributed by atoms with E-state index in [1.165, 1.54) is 0 Å². The summed E-state index contributed by atoms with van der Waals surface area (Å²) in [5.74, 6) is 0.346. The first-order valence-corrected chi connectivity index (χ1v) is 7.54. The van der Waals surface area contributed by atoms with Crippen LogP contribution in [0.1, 0.15) is 48.0 Å². The number of carbonyl (C=O) groups excluding carboxylic acids is 2. The fourth-order valence-corrected chi connectivity index (χ4v) is 4.29. The van der Waals surface area contributed by atoms with Gasteiger partial charge in [-0.1, -0.05) is 0 Å². The van der Waals surface area contributed by atoms with Crippen LogP contribution >= 0.6 is 0 Å². The molecule has 4 rings (SSSR count). The Balaban J connectivity index is 1.74. The number of rotatable bonds is 1. The van der Waals surface area contributed by atoms with Gasteiger partial charge in [-0.05, 0) is 55.9 Å².